The van der Waals surface area contributed by atoms with Crippen LogP contribution in [-0.4, -0.2) is 33.3 Å². The zero-order valence-electron chi connectivity index (χ0n) is 15.2. The van der Waals surface area contributed by atoms with Gasteiger partial charge in [-0.3, -0.25) is 0 Å². The lowest BCUT2D eigenvalue weighted by molar-refractivity contribution is 0.200. The zero-order chi connectivity index (χ0) is 18.0. The van der Waals surface area contributed by atoms with E-state index in [1.165, 1.54) is 12.8 Å². The summed E-state index contributed by atoms with van der Waals surface area (Å²) in [7, 11) is 1.73. The Balaban J connectivity index is 1.58. The molecule has 8 heteroatoms. The van der Waals surface area contributed by atoms with E-state index in [0.29, 0.717) is 18.4 Å². The van der Waals surface area contributed by atoms with Crippen LogP contribution in [0.2, 0.25) is 0 Å². The van der Waals surface area contributed by atoms with Crippen molar-refractivity contribution in [2.24, 2.45) is 0 Å². The molecule has 0 radical (unpaired) electrons. The summed E-state index contributed by atoms with van der Waals surface area (Å²) in [5.41, 5.74) is 1.72. The fourth-order valence-corrected chi connectivity index (χ4v) is 3.17. The second-order valence-corrected chi connectivity index (χ2v) is 6.80. The molecule has 2 amide bonds. The summed E-state index contributed by atoms with van der Waals surface area (Å²) in [6, 6.07) is -0.560. The highest BCUT2D eigenvalue weighted by molar-refractivity contribution is 5.74. The Morgan fingerprint density at radius 2 is 2.00 bits per heavy atom. The van der Waals surface area contributed by atoms with Gasteiger partial charge in [-0.25, -0.2) is 4.79 Å². The SMILES string of the molecule is Cc1noc(C)c1CN(C)C(=O)N[C@@H](C)c1nc(C2CCCC2)no1. The van der Waals surface area contributed by atoms with Crippen molar-refractivity contribution >= 4 is 6.03 Å². The van der Waals surface area contributed by atoms with E-state index in [9.17, 15) is 4.79 Å². The number of aryl methyl sites for hydroxylation is 2. The molecule has 0 aromatic carbocycles. The van der Waals surface area contributed by atoms with Crippen molar-refractivity contribution in [2.75, 3.05) is 7.05 Å². The number of hydrogen-bond donors (Lipinski definition) is 1. The van der Waals surface area contributed by atoms with Crippen LogP contribution in [0.1, 0.15) is 73.3 Å². The van der Waals surface area contributed by atoms with Crippen LogP contribution in [0.5, 0.6) is 0 Å². The summed E-state index contributed by atoms with van der Waals surface area (Å²) >= 11 is 0. The molecule has 0 spiro atoms. The van der Waals surface area contributed by atoms with Gasteiger partial charge in [-0.15, -0.1) is 0 Å². The van der Waals surface area contributed by atoms with Crippen LogP contribution in [0.15, 0.2) is 9.05 Å². The van der Waals surface area contributed by atoms with E-state index in [0.717, 1.165) is 35.7 Å². The number of hydrogen-bond acceptors (Lipinski definition) is 6. The standard InChI is InChI=1S/C17H25N5O3/c1-10-14(12(3)24-20-10)9-22(4)17(23)18-11(2)16-19-15(21-25-16)13-7-5-6-8-13/h11,13H,5-9H2,1-4H3,(H,18,23)/t11-/m0/s1. The second kappa shape index (κ2) is 7.25. The van der Waals surface area contributed by atoms with Crippen LogP contribution in [0.4, 0.5) is 4.79 Å². The van der Waals surface area contributed by atoms with Crippen LogP contribution in [0, 0.1) is 13.8 Å². The molecule has 0 saturated heterocycles. The van der Waals surface area contributed by atoms with Crippen LogP contribution in [0.25, 0.3) is 0 Å². The molecule has 2 aromatic heterocycles. The molecule has 1 N–H and O–H groups in total. The largest absolute Gasteiger partial charge is 0.361 e. The van der Waals surface area contributed by atoms with Crippen molar-refractivity contribution < 1.29 is 13.8 Å². The van der Waals surface area contributed by atoms with Gasteiger partial charge >= 0.3 is 6.03 Å². The first kappa shape index (κ1) is 17.4. The van der Waals surface area contributed by atoms with Gasteiger partial charge in [0.25, 0.3) is 0 Å². The third kappa shape index (κ3) is 3.83. The molecule has 2 aromatic rings. The van der Waals surface area contributed by atoms with Crippen molar-refractivity contribution in [3.8, 4) is 0 Å². The number of urea groups is 1. The zero-order valence-corrected chi connectivity index (χ0v) is 15.2. The molecule has 25 heavy (non-hydrogen) atoms. The highest BCUT2D eigenvalue weighted by atomic mass is 16.5. The van der Waals surface area contributed by atoms with E-state index in [2.05, 4.69) is 20.6 Å². The van der Waals surface area contributed by atoms with Gasteiger partial charge in [-0.1, -0.05) is 23.2 Å². The lowest BCUT2D eigenvalue weighted by Gasteiger charge is -2.19. The summed E-state index contributed by atoms with van der Waals surface area (Å²) in [4.78, 5) is 18.5. The number of rotatable bonds is 5. The van der Waals surface area contributed by atoms with E-state index in [1.54, 1.807) is 11.9 Å². The van der Waals surface area contributed by atoms with Gasteiger partial charge in [-0.05, 0) is 33.6 Å². The molecule has 136 valence electrons. The van der Waals surface area contributed by atoms with Gasteiger partial charge in [0.2, 0.25) is 5.89 Å². The van der Waals surface area contributed by atoms with E-state index in [1.807, 2.05) is 20.8 Å². The molecule has 1 aliphatic rings. The van der Waals surface area contributed by atoms with Gasteiger partial charge in [0.15, 0.2) is 5.82 Å². The molecule has 0 unspecified atom stereocenters. The Labute approximate surface area is 146 Å². The Morgan fingerprint density at radius 1 is 1.28 bits per heavy atom. The fraction of sp³-hybridized carbons (Fsp3) is 0.647. The van der Waals surface area contributed by atoms with E-state index in [4.69, 9.17) is 9.05 Å². The number of carbonyl (C=O) groups excluding carboxylic acids is 1. The van der Waals surface area contributed by atoms with Gasteiger partial charge in [0.05, 0.1) is 12.2 Å². The molecule has 1 saturated carbocycles. The van der Waals surface area contributed by atoms with Gasteiger partial charge in [0, 0.05) is 18.5 Å². The first-order valence-electron chi connectivity index (χ1n) is 8.72. The average molecular weight is 347 g/mol. The average Bonchev–Trinajstić information content (AvgIpc) is 3.31. The monoisotopic (exact) mass is 347 g/mol. The number of amides is 2. The van der Waals surface area contributed by atoms with Crippen LogP contribution in [-0.2, 0) is 6.54 Å². The van der Waals surface area contributed by atoms with Crippen molar-refractivity contribution in [3.05, 3.63) is 28.7 Å². The number of nitrogens with zero attached hydrogens (tertiary/aromatic N) is 4. The number of aromatic nitrogens is 3. The van der Waals surface area contributed by atoms with Crippen LogP contribution in [0.3, 0.4) is 0 Å². The quantitative estimate of drug-likeness (QED) is 0.892. The summed E-state index contributed by atoms with van der Waals surface area (Å²) in [6.45, 7) is 5.97. The molecule has 1 atom stereocenters. The van der Waals surface area contributed by atoms with E-state index >= 15 is 0 Å². The summed E-state index contributed by atoms with van der Waals surface area (Å²) in [5.74, 6) is 2.32. The molecule has 8 nitrogen and oxygen atoms in total. The third-order valence-corrected chi connectivity index (χ3v) is 4.81. The molecular weight excluding hydrogens is 322 g/mol. The van der Waals surface area contributed by atoms with Gasteiger partial charge in [0.1, 0.15) is 11.8 Å². The number of nitrogens with one attached hydrogen (secondary N) is 1. The van der Waals surface area contributed by atoms with Gasteiger partial charge in [-0.2, -0.15) is 4.98 Å². The Bertz CT molecular complexity index is 713. The van der Waals surface area contributed by atoms with E-state index in [-0.39, 0.29) is 12.1 Å². The van der Waals surface area contributed by atoms with Gasteiger partial charge < -0.3 is 19.3 Å². The maximum atomic E-state index is 12.4. The fourth-order valence-electron chi connectivity index (χ4n) is 3.17. The molecule has 3 rings (SSSR count). The lowest BCUT2D eigenvalue weighted by atomic mass is 10.1. The molecule has 1 aliphatic carbocycles. The Morgan fingerprint density at radius 3 is 2.64 bits per heavy atom. The molecule has 0 aliphatic heterocycles. The normalized spacial score (nSPS) is 16.2. The first-order chi connectivity index (χ1) is 12.0. The predicted molar refractivity (Wildman–Crippen MR) is 89.9 cm³/mol. The molecule has 2 heterocycles. The highest BCUT2D eigenvalue weighted by Crippen LogP contribution is 2.32. The Kier molecular flexibility index (Phi) is 5.06. The highest BCUT2D eigenvalue weighted by Gasteiger charge is 2.25. The molecular formula is C17H25N5O3. The first-order valence-corrected chi connectivity index (χ1v) is 8.72. The third-order valence-electron chi connectivity index (χ3n) is 4.81. The summed E-state index contributed by atoms with van der Waals surface area (Å²) in [5, 5.41) is 10.9. The summed E-state index contributed by atoms with van der Waals surface area (Å²) < 4.78 is 10.5. The Hall–Kier alpha value is -2.38. The van der Waals surface area contributed by atoms with Crippen molar-refractivity contribution in [3.63, 3.8) is 0 Å². The predicted octanol–water partition coefficient (Wildman–Crippen LogP) is 3.23. The lowest BCUT2D eigenvalue weighted by Crippen LogP contribution is -2.38. The summed E-state index contributed by atoms with van der Waals surface area (Å²) in [6.07, 6.45) is 4.65. The minimum Gasteiger partial charge on any atom is -0.361 e. The minimum absolute atomic E-state index is 0.215. The smallest absolute Gasteiger partial charge is 0.318 e. The maximum absolute atomic E-state index is 12.4. The van der Waals surface area contributed by atoms with E-state index < -0.39 is 0 Å². The van der Waals surface area contributed by atoms with Crippen molar-refractivity contribution in [2.45, 2.75) is 65.0 Å². The topological polar surface area (TPSA) is 97.3 Å². The maximum Gasteiger partial charge on any atom is 0.318 e. The second-order valence-electron chi connectivity index (χ2n) is 6.80. The molecule has 0 bridgehead atoms. The minimum atomic E-state index is -0.345. The van der Waals surface area contributed by atoms with Crippen molar-refractivity contribution in [1.82, 2.24) is 25.5 Å². The van der Waals surface area contributed by atoms with Crippen molar-refractivity contribution in [1.29, 1.82) is 0 Å². The van der Waals surface area contributed by atoms with Crippen LogP contribution >= 0.6 is 0 Å². The number of carbonyl (C=O) groups is 1. The van der Waals surface area contributed by atoms with Crippen LogP contribution < -0.4 is 5.32 Å². The molecule has 1 fully saturated rings.